The van der Waals surface area contributed by atoms with Crippen LogP contribution >= 0.6 is 11.3 Å². The molecule has 2 aromatic heterocycles. The summed E-state index contributed by atoms with van der Waals surface area (Å²) in [4.78, 5) is 27.9. The first-order valence-electron chi connectivity index (χ1n) is 6.66. The number of rotatable bonds is 5. The standard InChI is InChI=1S/C14H14N2O4S/c17-10(11-3-1-5-19-11)7-15-13(18)9-8-21-14(16-9)12-4-2-6-20-12/h1,3,5,8,12H,2,4,6-7H2,(H,15,18)/t12-/m0/s1. The minimum atomic E-state index is -0.365. The van der Waals surface area contributed by atoms with E-state index >= 15 is 0 Å². The zero-order valence-electron chi connectivity index (χ0n) is 11.2. The van der Waals surface area contributed by atoms with Crippen LogP contribution in [0.1, 0.15) is 45.0 Å². The van der Waals surface area contributed by atoms with Gasteiger partial charge in [0.15, 0.2) is 5.76 Å². The first kappa shape index (κ1) is 14.0. The van der Waals surface area contributed by atoms with Crippen LogP contribution in [-0.2, 0) is 4.74 Å². The summed E-state index contributed by atoms with van der Waals surface area (Å²) in [5.41, 5.74) is 0.317. The molecule has 7 heteroatoms. The fraction of sp³-hybridized carbons (Fsp3) is 0.357. The molecule has 3 heterocycles. The first-order chi connectivity index (χ1) is 10.2. The fourth-order valence-corrected chi connectivity index (χ4v) is 2.97. The smallest absolute Gasteiger partial charge is 0.271 e. The summed E-state index contributed by atoms with van der Waals surface area (Å²) in [5, 5.41) is 5.04. The van der Waals surface area contributed by atoms with Crippen molar-refractivity contribution in [3.8, 4) is 0 Å². The van der Waals surface area contributed by atoms with Crippen LogP contribution in [0.3, 0.4) is 0 Å². The van der Waals surface area contributed by atoms with E-state index in [2.05, 4.69) is 10.3 Å². The van der Waals surface area contributed by atoms with Crippen molar-refractivity contribution in [2.45, 2.75) is 18.9 Å². The number of nitrogens with zero attached hydrogens (tertiary/aromatic N) is 1. The summed E-state index contributed by atoms with van der Waals surface area (Å²) < 4.78 is 10.5. The molecule has 0 aliphatic carbocycles. The predicted octanol–water partition coefficient (Wildman–Crippen LogP) is 2.20. The van der Waals surface area contributed by atoms with Gasteiger partial charge in [-0.05, 0) is 25.0 Å². The third kappa shape index (κ3) is 3.20. The number of carbonyl (C=O) groups excluding carboxylic acids is 2. The Morgan fingerprint density at radius 2 is 2.38 bits per heavy atom. The van der Waals surface area contributed by atoms with Crippen molar-refractivity contribution in [3.63, 3.8) is 0 Å². The van der Waals surface area contributed by atoms with Crippen LogP contribution < -0.4 is 5.32 Å². The Morgan fingerprint density at radius 1 is 1.48 bits per heavy atom. The predicted molar refractivity (Wildman–Crippen MR) is 75.4 cm³/mol. The summed E-state index contributed by atoms with van der Waals surface area (Å²) in [6.07, 6.45) is 3.37. The van der Waals surface area contributed by atoms with E-state index in [4.69, 9.17) is 9.15 Å². The summed E-state index contributed by atoms with van der Waals surface area (Å²) >= 11 is 1.41. The molecule has 1 saturated heterocycles. The molecule has 1 N–H and O–H groups in total. The topological polar surface area (TPSA) is 81.4 Å². The van der Waals surface area contributed by atoms with E-state index in [9.17, 15) is 9.59 Å². The van der Waals surface area contributed by atoms with Crippen molar-refractivity contribution in [3.05, 3.63) is 40.2 Å². The van der Waals surface area contributed by atoms with Gasteiger partial charge in [0.2, 0.25) is 5.78 Å². The SMILES string of the molecule is O=C(NCC(=O)c1ccco1)c1csc([C@@H]2CCCO2)n1. The van der Waals surface area contributed by atoms with Crippen LogP contribution in [0.2, 0.25) is 0 Å². The molecule has 1 fully saturated rings. The average Bonchev–Trinajstić information content (AvgIpc) is 3.25. The Balaban J connectivity index is 1.57. The highest BCUT2D eigenvalue weighted by Gasteiger charge is 2.22. The zero-order valence-corrected chi connectivity index (χ0v) is 12.0. The van der Waals surface area contributed by atoms with Crippen molar-refractivity contribution < 1.29 is 18.7 Å². The molecule has 1 atom stereocenters. The molecule has 0 radical (unpaired) electrons. The number of carbonyl (C=O) groups is 2. The van der Waals surface area contributed by atoms with Gasteiger partial charge in [0.05, 0.1) is 12.8 Å². The van der Waals surface area contributed by atoms with E-state index in [-0.39, 0.29) is 30.1 Å². The van der Waals surface area contributed by atoms with E-state index < -0.39 is 0 Å². The third-order valence-electron chi connectivity index (χ3n) is 3.17. The molecule has 21 heavy (non-hydrogen) atoms. The lowest BCUT2D eigenvalue weighted by Crippen LogP contribution is -2.29. The molecule has 2 aromatic rings. The lowest BCUT2D eigenvalue weighted by Gasteiger charge is -2.04. The quantitative estimate of drug-likeness (QED) is 0.856. The fourth-order valence-electron chi connectivity index (χ4n) is 2.09. The summed E-state index contributed by atoms with van der Waals surface area (Å²) in [6, 6.07) is 3.19. The summed E-state index contributed by atoms with van der Waals surface area (Å²) in [6.45, 7) is 0.628. The van der Waals surface area contributed by atoms with Gasteiger partial charge in [-0.2, -0.15) is 0 Å². The average molecular weight is 306 g/mol. The van der Waals surface area contributed by atoms with Gasteiger partial charge < -0.3 is 14.5 Å². The minimum absolute atomic E-state index is 0.00120. The Bertz CT molecular complexity index is 629. The largest absolute Gasteiger partial charge is 0.461 e. The van der Waals surface area contributed by atoms with Crippen LogP contribution in [0.25, 0.3) is 0 Å². The zero-order chi connectivity index (χ0) is 14.7. The van der Waals surface area contributed by atoms with E-state index in [0.717, 1.165) is 24.5 Å². The number of thiazole rings is 1. The number of ether oxygens (including phenoxy) is 1. The lowest BCUT2D eigenvalue weighted by molar-refractivity contribution is 0.0888. The highest BCUT2D eigenvalue weighted by molar-refractivity contribution is 7.09. The molecule has 110 valence electrons. The summed E-state index contributed by atoms with van der Waals surface area (Å²) in [7, 11) is 0. The minimum Gasteiger partial charge on any atom is -0.461 e. The number of ketones is 1. The van der Waals surface area contributed by atoms with Crippen molar-refractivity contribution in [1.29, 1.82) is 0 Å². The monoisotopic (exact) mass is 306 g/mol. The van der Waals surface area contributed by atoms with Crippen molar-refractivity contribution in [2.75, 3.05) is 13.2 Å². The molecular weight excluding hydrogens is 292 g/mol. The Labute approximate surface area is 125 Å². The molecule has 1 amide bonds. The van der Waals surface area contributed by atoms with E-state index in [0.29, 0.717) is 5.69 Å². The summed E-state index contributed by atoms with van der Waals surface area (Å²) in [5.74, 6) is -0.410. The lowest BCUT2D eigenvalue weighted by atomic mass is 10.2. The Hall–Kier alpha value is -1.99. The van der Waals surface area contributed by atoms with Gasteiger partial charge in [-0.25, -0.2) is 4.98 Å². The molecule has 6 nitrogen and oxygen atoms in total. The molecule has 0 aromatic carbocycles. The number of Topliss-reactive ketones (excluding diaryl/α,β-unsaturated/α-hetero) is 1. The molecule has 0 bridgehead atoms. The van der Waals surface area contributed by atoms with Crippen molar-refractivity contribution in [1.82, 2.24) is 10.3 Å². The second-order valence-corrected chi connectivity index (χ2v) is 5.55. The number of hydrogen-bond acceptors (Lipinski definition) is 6. The highest BCUT2D eigenvalue weighted by Crippen LogP contribution is 2.30. The van der Waals surface area contributed by atoms with Gasteiger partial charge in [0, 0.05) is 12.0 Å². The van der Waals surface area contributed by atoms with Gasteiger partial charge in [-0.3, -0.25) is 9.59 Å². The van der Waals surface area contributed by atoms with Crippen molar-refractivity contribution >= 4 is 23.0 Å². The number of furan rings is 1. The van der Waals surface area contributed by atoms with Crippen LogP contribution in [-0.4, -0.2) is 29.8 Å². The number of amides is 1. The van der Waals surface area contributed by atoms with E-state index in [1.807, 2.05) is 0 Å². The molecular formula is C14H14N2O4S. The van der Waals surface area contributed by atoms with Gasteiger partial charge in [0.25, 0.3) is 5.91 Å². The van der Waals surface area contributed by atoms with Gasteiger partial charge in [-0.1, -0.05) is 0 Å². The molecule has 0 spiro atoms. The van der Waals surface area contributed by atoms with E-state index in [1.165, 1.54) is 17.6 Å². The number of aromatic nitrogens is 1. The number of hydrogen-bond donors (Lipinski definition) is 1. The Morgan fingerprint density at radius 3 is 3.10 bits per heavy atom. The van der Waals surface area contributed by atoms with Gasteiger partial charge in [-0.15, -0.1) is 11.3 Å². The first-order valence-corrected chi connectivity index (χ1v) is 7.54. The molecule has 1 aliphatic rings. The van der Waals surface area contributed by atoms with Crippen LogP contribution in [0.15, 0.2) is 28.2 Å². The second kappa shape index (κ2) is 6.19. The van der Waals surface area contributed by atoms with E-state index in [1.54, 1.807) is 17.5 Å². The van der Waals surface area contributed by atoms with Crippen LogP contribution in [0.4, 0.5) is 0 Å². The maximum atomic E-state index is 12.0. The van der Waals surface area contributed by atoms with Gasteiger partial charge in [0.1, 0.15) is 16.8 Å². The normalized spacial score (nSPS) is 17.8. The van der Waals surface area contributed by atoms with Crippen LogP contribution in [0, 0.1) is 0 Å². The number of nitrogens with one attached hydrogen (secondary N) is 1. The Kier molecular flexibility index (Phi) is 4.12. The molecule has 0 unspecified atom stereocenters. The highest BCUT2D eigenvalue weighted by atomic mass is 32.1. The maximum Gasteiger partial charge on any atom is 0.271 e. The third-order valence-corrected chi connectivity index (χ3v) is 4.10. The van der Waals surface area contributed by atoms with Crippen molar-refractivity contribution in [2.24, 2.45) is 0 Å². The molecule has 0 saturated carbocycles. The molecule has 1 aliphatic heterocycles. The molecule has 3 rings (SSSR count). The van der Waals surface area contributed by atoms with Crippen LogP contribution in [0.5, 0.6) is 0 Å². The van der Waals surface area contributed by atoms with Gasteiger partial charge >= 0.3 is 0 Å². The second-order valence-electron chi connectivity index (χ2n) is 4.66. The maximum absolute atomic E-state index is 12.0.